The summed E-state index contributed by atoms with van der Waals surface area (Å²) in [6, 6.07) is 2.67. The molecule has 1 N–H and O–H groups in total. The number of carbonyl (C=O) groups excluding carboxylic acids is 3. The molecule has 0 radical (unpaired) electrons. The van der Waals surface area contributed by atoms with Crippen molar-refractivity contribution in [3.63, 3.8) is 0 Å². The van der Waals surface area contributed by atoms with Gasteiger partial charge in [-0.15, -0.1) is 0 Å². The zero-order valence-corrected chi connectivity index (χ0v) is 11.0. The molecule has 1 heterocycles. The SMILES string of the molecule is CC(=O)ON=C1C(=O)Nc2cc(Cl)c(Cl)cc2C1=O. The number of nitrogens with zero attached hydrogens (tertiary/aromatic N) is 1. The summed E-state index contributed by atoms with van der Waals surface area (Å²) in [6.45, 7) is 1.10. The fourth-order valence-corrected chi connectivity index (χ4v) is 1.77. The van der Waals surface area contributed by atoms with Crippen LogP contribution in [0.4, 0.5) is 5.69 Å². The number of fused-ring (bicyclic) bond motifs is 1. The molecule has 0 fully saturated rings. The number of benzene rings is 1. The standard InChI is InChI=1S/C11H6Cl2N2O4/c1-4(16)19-15-9-10(17)5-2-6(12)7(13)3-8(5)14-11(9)18/h2-3H,1H3,(H,14,18). The summed E-state index contributed by atoms with van der Waals surface area (Å²) in [7, 11) is 0. The van der Waals surface area contributed by atoms with E-state index in [0.717, 1.165) is 6.92 Å². The highest BCUT2D eigenvalue weighted by Crippen LogP contribution is 2.31. The summed E-state index contributed by atoms with van der Waals surface area (Å²) in [6.07, 6.45) is 0. The third-order valence-corrected chi connectivity index (χ3v) is 2.97. The summed E-state index contributed by atoms with van der Waals surface area (Å²) >= 11 is 11.6. The molecular weight excluding hydrogens is 295 g/mol. The lowest BCUT2D eigenvalue weighted by Crippen LogP contribution is -2.36. The normalized spacial score (nSPS) is 16.1. The van der Waals surface area contributed by atoms with Crippen molar-refractivity contribution in [3.05, 3.63) is 27.7 Å². The number of halogens is 2. The van der Waals surface area contributed by atoms with Crippen LogP contribution in [-0.4, -0.2) is 23.4 Å². The fraction of sp³-hybridized carbons (Fsp3) is 0.0909. The lowest BCUT2D eigenvalue weighted by atomic mass is 10.0. The van der Waals surface area contributed by atoms with Crippen molar-refractivity contribution in [1.82, 2.24) is 0 Å². The summed E-state index contributed by atoms with van der Waals surface area (Å²) in [5.74, 6) is -2.22. The average molecular weight is 301 g/mol. The Morgan fingerprint density at radius 3 is 2.53 bits per heavy atom. The number of ketones is 1. The lowest BCUT2D eigenvalue weighted by Gasteiger charge is -2.17. The van der Waals surface area contributed by atoms with Gasteiger partial charge in [-0.3, -0.25) is 9.59 Å². The van der Waals surface area contributed by atoms with Crippen LogP contribution in [0.3, 0.4) is 0 Å². The van der Waals surface area contributed by atoms with Gasteiger partial charge in [0.1, 0.15) is 0 Å². The number of oxime groups is 1. The highest BCUT2D eigenvalue weighted by molar-refractivity contribution is 6.72. The van der Waals surface area contributed by atoms with Crippen molar-refractivity contribution in [2.45, 2.75) is 6.92 Å². The molecule has 1 amide bonds. The maximum Gasteiger partial charge on any atom is 0.332 e. The third-order valence-electron chi connectivity index (χ3n) is 2.25. The van der Waals surface area contributed by atoms with Gasteiger partial charge in [0, 0.05) is 12.5 Å². The molecule has 0 spiro atoms. The van der Waals surface area contributed by atoms with Gasteiger partial charge >= 0.3 is 5.97 Å². The summed E-state index contributed by atoms with van der Waals surface area (Å²) in [5.41, 5.74) is -0.174. The van der Waals surface area contributed by atoms with E-state index in [1.807, 2.05) is 0 Å². The fourth-order valence-electron chi connectivity index (χ4n) is 1.44. The predicted molar refractivity (Wildman–Crippen MR) is 68.6 cm³/mol. The van der Waals surface area contributed by atoms with Crippen molar-refractivity contribution in [1.29, 1.82) is 0 Å². The van der Waals surface area contributed by atoms with Crippen LogP contribution < -0.4 is 5.32 Å². The van der Waals surface area contributed by atoms with Crippen LogP contribution in [-0.2, 0) is 14.4 Å². The van der Waals surface area contributed by atoms with Gasteiger partial charge in [-0.05, 0) is 12.1 Å². The Balaban J connectivity index is 2.47. The second-order valence-corrected chi connectivity index (χ2v) is 4.43. The Morgan fingerprint density at radius 2 is 1.89 bits per heavy atom. The van der Waals surface area contributed by atoms with Crippen LogP contribution in [0.5, 0.6) is 0 Å². The first-order valence-corrected chi connectivity index (χ1v) is 5.76. The highest BCUT2D eigenvalue weighted by Gasteiger charge is 2.32. The van der Waals surface area contributed by atoms with Gasteiger partial charge in [0.25, 0.3) is 5.91 Å². The van der Waals surface area contributed by atoms with Crippen LogP contribution in [0.1, 0.15) is 17.3 Å². The van der Waals surface area contributed by atoms with Crippen molar-refractivity contribution >= 4 is 52.3 Å². The highest BCUT2D eigenvalue weighted by atomic mass is 35.5. The van der Waals surface area contributed by atoms with Crippen molar-refractivity contribution < 1.29 is 19.2 Å². The number of Topliss-reactive ketones (excluding diaryl/α,β-unsaturated/α-hetero) is 1. The van der Waals surface area contributed by atoms with E-state index < -0.39 is 23.4 Å². The topological polar surface area (TPSA) is 84.8 Å². The van der Waals surface area contributed by atoms with Crippen LogP contribution >= 0.6 is 23.2 Å². The molecule has 2 rings (SSSR count). The molecule has 6 nitrogen and oxygen atoms in total. The molecule has 0 saturated heterocycles. The van der Waals surface area contributed by atoms with Gasteiger partial charge in [-0.25, -0.2) is 4.79 Å². The zero-order valence-electron chi connectivity index (χ0n) is 9.49. The van der Waals surface area contributed by atoms with E-state index >= 15 is 0 Å². The Kier molecular flexibility index (Phi) is 3.55. The van der Waals surface area contributed by atoms with Crippen LogP contribution in [0, 0.1) is 0 Å². The largest absolute Gasteiger partial charge is 0.332 e. The Labute approximate surface area is 117 Å². The summed E-state index contributed by atoms with van der Waals surface area (Å²) < 4.78 is 0. The maximum atomic E-state index is 12.0. The molecule has 1 aromatic carbocycles. The smallest absolute Gasteiger partial charge is 0.320 e. The minimum atomic E-state index is -0.780. The molecule has 0 bridgehead atoms. The molecule has 1 aliphatic rings. The predicted octanol–water partition coefficient (Wildman–Crippen LogP) is 2.05. The second kappa shape index (κ2) is 4.99. The van der Waals surface area contributed by atoms with Gasteiger partial charge < -0.3 is 10.2 Å². The second-order valence-electron chi connectivity index (χ2n) is 3.62. The van der Waals surface area contributed by atoms with Crippen LogP contribution in [0.15, 0.2) is 17.3 Å². The number of anilines is 1. The average Bonchev–Trinajstić information content (AvgIpc) is 2.31. The molecule has 1 aliphatic heterocycles. The van der Waals surface area contributed by atoms with Crippen molar-refractivity contribution in [2.75, 3.05) is 5.32 Å². The zero-order chi connectivity index (χ0) is 14.2. The number of nitrogens with one attached hydrogen (secondary N) is 1. The van der Waals surface area contributed by atoms with E-state index in [-0.39, 0.29) is 21.3 Å². The van der Waals surface area contributed by atoms with Crippen molar-refractivity contribution in [3.8, 4) is 0 Å². The number of amides is 1. The summed E-state index contributed by atoms with van der Waals surface area (Å²) in [5, 5.41) is 6.00. The molecule has 1 aromatic rings. The minimum Gasteiger partial charge on any atom is -0.320 e. The Morgan fingerprint density at radius 1 is 1.26 bits per heavy atom. The van der Waals surface area contributed by atoms with E-state index in [1.54, 1.807) is 0 Å². The first kappa shape index (κ1) is 13.5. The van der Waals surface area contributed by atoms with Crippen molar-refractivity contribution in [2.24, 2.45) is 5.16 Å². The number of hydrogen-bond acceptors (Lipinski definition) is 5. The number of hydrogen-bond donors (Lipinski definition) is 1. The quantitative estimate of drug-likeness (QED) is 0.635. The number of rotatable bonds is 1. The minimum absolute atomic E-state index is 0.125. The molecule has 0 atom stereocenters. The molecule has 98 valence electrons. The molecule has 19 heavy (non-hydrogen) atoms. The molecule has 0 aromatic heterocycles. The Hall–Kier alpha value is -1.92. The van der Waals surface area contributed by atoms with Gasteiger partial charge in [0.2, 0.25) is 11.5 Å². The molecule has 8 heteroatoms. The Bertz CT molecular complexity index is 640. The van der Waals surface area contributed by atoms with E-state index in [2.05, 4.69) is 15.3 Å². The van der Waals surface area contributed by atoms with E-state index in [1.165, 1.54) is 12.1 Å². The van der Waals surface area contributed by atoms with Gasteiger partial charge in [0.15, 0.2) is 0 Å². The molecule has 0 saturated carbocycles. The first-order chi connectivity index (χ1) is 8.90. The van der Waals surface area contributed by atoms with E-state index in [4.69, 9.17) is 23.2 Å². The molecule has 0 unspecified atom stereocenters. The third kappa shape index (κ3) is 2.59. The van der Waals surface area contributed by atoms with E-state index in [0.29, 0.717) is 0 Å². The van der Waals surface area contributed by atoms with Gasteiger partial charge in [-0.1, -0.05) is 28.4 Å². The first-order valence-electron chi connectivity index (χ1n) is 5.01. The lowest BCUT2D eigenvalue weighted by molar-refractivity contribution is -0.140. The van der Waals surface area contributed by atoms with Gasteiger partial charge in [-0.2, -0.15) is 0 Å². The van der Waals surface area contributed by atoms with E-state index in [9.17, 15) is 14.4 Å². The maximum absolute atomic E-state index is 12.0. The van der Waals surface area contributed by atoms with Crippen LogP contribution in [0.25, 0.3) is 0 Å². The van der Waals surface area contributed by atoms with Gasteiger partial charge in [0.05, 0.1) is 15.7 Å². The molecular formula is C11H6Cl2N2O4. The number of carbonyl (C=O) groups is 3. The van der Waals surface area contributed by atoms with Crippen LogP contribution in [0.2, 0.25) is 10.0 Å². The summed E-state index contributed by atoms with van der Waals surface area (Å²) in [4.78, 5) is 38.6. The monoisotopic (exact) mass is 300 g/mol. The molecule has 0 aliphatic carbocycles.